The van der Waals surface area contributed by atoms with Crippen molar-refractivity contribution in [2.45, 2.75) is 38.1 Å². The Balaban J connectivity index is 2.01. The van der Waals surface area contributed by atoms with E-state index in [1.165, 1.54) is 25.7 Å². The Morgan fingerprint density at radius 1 is 1.35 bits per heavy atom. The van der Waals surface area contributed by atoms with E-state index < -0.39 is 0 Å². The molecule has 1 aliphatic rings. The Morgan fingerprint density at radius 3 is 2.65 bits per heavy atom. The number of nitrogens with zero attached hydrogens (tertiary/aromatic N) is 3. The van der Waals surface area contributed by atoms with Gasteiger partial charge in [0.1, 0.15) is 11.6 Å². The first kappa shape index (κ1) is 12.3. The molecule has 2 rings (SSSR count). The van der Waals surface area contributed by atoms with Gasteiger partial charge in [-0.25, -0.2) is 9.97 Å². The number of nitrogens with one attached hydrogen (secondary N) is 1. The maximum Gasteiger partial charge on any atom is 0.129 e. The SMILES string of the molecule is Cc1nccc(NCC2(N(C)C)CCCC2)n1. The van der Waals surface area contributed by atoms with Crippen LogP contribution in [-0.4, -0.2) is 41.0 Å². The maximum atomic E-state index is 4.38. The Labute approximate surface area is 103 Å². The molecule has 1 aromatic rings. The van der Waals surface area contributed by atoms with E-state index >= 15 is 0 Å². The predicted molar refractivity (Wildman–Crippen MR) is 70.1 cm³/mol. The summed E-state index contributed by atoms with van der Waals surface area (Å²) in [6, 6.07) is 1.94. The molecular formula is C13H22N4. The first-order valence-corrected chi connectivity index (χ1v) is 6.33. The summed E-state index contributed by atoms with van der Waals surface area (Å²) in [4.78, 5) is 10.9. The molecule has 0 radical (unpaired) electrons. The third kappa shape index (κ3) is 2.75. The highest BCUT2D eigenvalue weighted by atomic mass is 15.2. The van der Waals surface area contributed by atoms with Gasteiger partial charge in [0.15, 0.2) is 0 Å². The van der Waals surface area contributed by atoms with Gasteiger partial charge in [-0.15, -0.1) is 0 Å². The average Bonchev–Trinajstić information content (AvgIpc) is 2.76. The van der Waals surface area contributed by atoms with E-state index in [1.54, 1.807) is 0 Å². The summed E-state index contributed by atoms with van der Waals surface area (Å²) >= 11 is 0. The second kappa shape index (κ2) is 5.00. The van der Waals surface area contributed by atoms with Gasteiger partial charge in [0.2, 0.25) is 0 Å². The molecule has 1 aromatic heterocycles. The summed E-state index contributed by atoms with van der Waals surface area (Å²) in [6.07, 6.45) is 7.03. The number of anilines is 1. The van der Waals surface area contributed by atoms with Crippen LogP contribution in [0.1, 0.15) is 31.5 Å². The molecule has 0 aromatic carbocycles. The van der Waals surface area contributed by atoms with E-state index in [-0.39, 0.29) is 0 Å². The highest BCUT2D eigenvalue weighted by molar-refractivity contribution is 5.33. The van der Waals surface area contributed by atoms with Crippen LogP contribution in [0.25, 0.3) is 0 Å². The minimum Gasteiger partial charge on any atom is -0.368 e. The molecule has 94 valence electrons. The maximum absolute atomic E-state index is 4.38. The van der Waals surface area contributed by atoms with Gasteiger partial charge in [-0.1, -0.05) is 12.8 Å². The van der Waals surface area contributed by atoms with Crippen molar-refractivity contribution in [2.24, 2.45) is 0 Å². The van der Waals surface area contributed by atoms with Crippen LogP contribution in [0.5, 0.6) is 0 Å². The van der Waals surface area contributed by atoms with Crippen LogP contribution in [0.3, 0.4) is 0 Å². The number of hydrogen-bond donors (Lipinski definition) is 1. The molecule has 0 amide bonds. The molecule has 1 saturated carbocycles. The van der Waals surface area contributed by atoms with Crippen LogP contribution < -0.4 is 5.32 Å². The van der Waals surface area contributed by atoms with Crippen molar-refractivity contribution >= 4 is 5.82 Å². The summed E-state index contributed by atoms with van der Waals surface area (Å²) in [5, 5.41) is 3.46. The lowest BCUT2D eigenvalue weighted by molar-refractivity contribution is 0.172. The highest BCUT2D eigenvalue weighted by Gasteiger charge is 2.35. The van der Waals surface area contributed by atoms with Crippen molar-refractivity contribution in [1.29, 1.82) is 0 Å². The Bertz CT molecular complexity index is 369. The molecule has 1 aliphatic carbocycles. The minimum absolute atomic E-state index is 0.304. The number of aryl methyl sites for hydroxylation is 1. The van der Waals surface area contributed by atoms with Crippen molar-refractivity contribution < 1.29 is 0 Å². The Kier molecular flexibility index (Phi) is 3.62. The van der Waals surface area contributed by atoms with Gasteiger partial charge in [-0.05, 0) is 39.9 Å². The molecule has 1 heterocycles. The van der Waals surface area contributed by atoms with Crippen LogP contribution in [0.4, 0.5) is 5.82 Å². The van der Waals surface area contributed by atoms with Crippen molar-refractivity contribution in [3.8, 4) is 0 Å². The van der Waals surface area contributed by atoms with Crippen molar-refractivity contribution in [3.05, 3.63) is 18.1 Å². The highest BCUT2D eigenvalue weighted by Crippen LogP contribution is 2.33. The van der Waals surface area contributed by atoms with Crippen LogP contribution in [0.15, 0.2) is 12.3 Å². The molecule has 0 unspecified atom stereocenters. The van der Waals surface area contributed by atoms with Gasteiger partial charge in [0, 0.05) is 18.3 Å². The van der Waals surface area contributed by atoms with E-state index in [9.17, 15) is 0 Å². The molecular weight excluding hydrogens is 212 g/mol. The zero-order valence-corrected chi connectivity index (χ0v) is 11.0. The molecule has 1 fully saturated rings. The summed E-state index contributed by atoms with van der Waals surface area (Å²) in [6.45, 7) is 2.89. The fraction of sp³-hybridized carbons (Fsp3) is 0.692. The summed E-state index contributed by atoms with van der Waals surface area (Å²) < 4.78 is 0. The van der Waals surface area contributed by atoms with Crippen molar-refractivity contribution in [1.82, 2.24) is 14.9 Å². The molecule has 0 aliphatic heterocycles. The Morgan fingerprint density at radius 2 is 2.06 bits per heavy atom. The van der Waals surface area contributed by atoms with E-state index in [2.05, 4.69) is 34.3 Å². The quantitative estimate of drug-likeness (QED) is 0.866. The standard InChI is InChI=1S/C13H22N4/c1-11-14-9-6-12(16-11)15-10-13(17(2)3)7-4-5-8-13/h6,9H,4-5,7-8,10H2,1-3H3,(H,14,15,16). The molecule has 0 saturated heterocycles. The zero-order valence-electron chi connectivity index (χ0n) is 11.0. The van der Waals surface area contributed by atoms with Crippen molar-refractivity contribution in [3.63, 3.8) is 0 Å². The van der Waals surface area contributed by atoms with Crippen LogP contribution in [0, 0.1) is 6.92 Å². The summed E-state index contributed by atoms with van der Waals surface area (Å²) in [7, 11) is 4.36. The molecule has 0 atom stereocenters. The largest absolute Gasteiger partial charge is 0.368 e. The van der Waals surface area contributed by atoms with Crippen LogP contribution in [0.2, 0.25) is 0 Å². The second-order valence-electron chi connectivity index (χ2n) is 5.17. The fourth-order valence-corrected chi connectivity index (χ4v) is 2.62. The van der Waals surface area contributed by atoms with Gasteiger partial charge in [0.25, 0.3) is 0 Å². The summed E-state index contributed by atoms with van der Waals surface area (Å²) in [5.74, 6) is 1.76. The molecule has 0 bridgehead atoms. The third-order valence-electron chi connectivity index (χ3n) is 3.86. The topological polar surface area (TPSA) is 41.1 Å². The average molecular weight is 234 g/mol. The second-order valence-corrected chi connectivity index (χ2v) is 5.17. The molecule has 4 nitrogen and oxygen atoms in total. The van der Waals surface area contributed by atoms with Crippen LogP contribution in [-0.2, 0) is 0 Å². The monoisotopic (exact) mass is 234 g/mol. The number of likely N-dealkylation sites (N-methyl/N-ethyl adjacent to an activating group) is 1. The lowest BCUT2D eigenvalue weighted by Crippen LogP contribution is -2.47. The smallest absolute Gasteiger partial charge is 0.129 e. The molecule has 4 heteroatoms. The fourth-order valence-electron chi connectivity index (χ4n) is 2.62. The van der Waals surface area contributed by atoms with Crippen LogP contribution >= 0.6 is 0 Å². The number of hydrogen-bond acceptors (Lipinski definition) is 4. The van der Waals surface area contributed by atoms with Gasteiger partial charge in [-0.3, -0.25) is 0 Å². The third-order valence-corrected chi connectivity index (χ3v) is 3.86. The van der Waals surface area contributed by atoms with E-state index in [0.717, 1.165) is 18.2 Å². The zero-order chi connectivity index (χ0) is 12.3. The molecule has 1 N–H and O–H groups in total. The van der Waals surface area contributed by atoms with E-state index in [0.29, 0.717) is 5.54 Å². The number of rotatable bonds is 4. The first-order valence-electron chi connectivity index (χ1n) is 6.33. The molecule has 17 heavy (non-hydrogen) atoms. The summed E-state index contributed by atoms with van der Waals surface area (Å²) in [5.41, 5.74) is 0.304. The number of aromatic nitrogens is 2. The van der Waals surface area contributed by atoms with Gasteiger partial charge in [-0.2, -0.15) is 0 Å². The van der Waals surface area contributed by atoms with E-state index in [1.807, 2.05) is 19.2 Å². The van der Waals surface area contributed by atoms with Gasteiger partial charge in [0.05, 0.1) is 0 Å². The lowest BCUT2D eigenvalue weighted by atomic mass is 9.96. The van der Waals surface area contributed by atoms with Crippen molar-refractivity contribution in [2.75, 3.05) is 26.0 Å². The lowest BCUT2D eigenvalue weighted by Gasteiger charge is -2.36. The van der Waals surface area contributed by atoms with E-state index in [4.69, 9.17) is 0 Å². The van der Waals surface area contributed by atoms with Gasteiger partial charge >= 0.3 is 0 Å². The normalized spacial score (nSPS) is 18.6. The predicted octanol–water partition coefficient (Wildman–Crippen LogP) is 2.07. The Hall–Kier alpha value is -1.16. The molecule has 0 spiro atoms. The first-order chi connectivity index (χ1) is 8.12. The minimum atomic E-state index is 0.304. The van der Waals surface area contributed by atoms with Gasteiger partial charge < -0.3 is 10.2 Å².